The maximum atomic E-state index is 6.13. The van der Waals surface area contributed by atoms with E-state index in [4.69, 9.17) is 5.73 Å². The second-order valence-electron chi connectivity index (χ2n) is 7.21. The first-order valence-corrected chi connectivity index (χ1v) is 9.24. The fourth-order valence-corrected chi connectivity index (χ4v) is 3.66. The topological polar surface area (TPSA) is 29.3 Å². The van der Waals surface area contributed by atoms with E-state index in [9.17, 15) is 0 Å². The fourth-order valence-electron chi connectivity index (χ4n) is 3.66. The highest BCUT2D eigenvalue weighted by molar-refractivity contribution is 5.38. The van der Waals surface area contributed by atoms with Gasteiger partial charge in [0.2, 0.25) is 0 Å². The van der Waals surface area contributed by atoms with Crippen LogP contribution in [0, 0.1) is 13.8 Å². The summed E-state index contributed by atoms with van der Waals surface area (Å²) in [5, 5.41) is 0. The van der Waals surface area contributed by atoms with Crippen molar-refractivity contribution in [3.8, 4) is 0 Å². The second kappa shape index (κ2) is 7.50. The Morgan fingerprint density at radius 1 is 0.958 bits per heavy atom. The van der Waals surface area contributed by atoms with Gasteiger partial charge in [0.1, 0.15) is 0 Å². The lowest BCUT2D eigenvalue weighted by molar-refractivity contribution is 0.175. The predicted octanol–water partition coefficient (Wildman–Crippen LogP) is 4.38. The molecule has 24 heavy (non-hydrogen) atoms. The number of aryl methyl sites for hydroxylation is 3. The molecule has 3 rings (SSSR count). The highest BCUT2D eigenvalue weighted by atomic mass is 15.2. The Morgan fingerprint density at radius 2 is 1.58 bits per heavy atom. The van der Waals surface area contributed by atoms with Crippen LogP contribution in [-0.2, 0) is 6.42 Å². The maximum Gasteiger partial charge on any atom is 0.0601 e. The average molecular weight is 322 g/mol. The minimum absolute atomic E-state index is 0.336. The molecule has 2 heteroatoms. The van der Waals surface area contributed by atoms with E-state index in [0.29, 0.717) is 12.1 Å². The molecule has 1 atom stereocenters. The van der Waals surface area contributed by atoms with Crippen molar-refractivity contribution in [2.24, 2.45) is 5.73 Å². The first-order chi connectivity index (χ1) is 11.6. The van der Waals surface area contributed by atoms with Gasteiger partial charge in [-0.05, 0) is 60.9 Å². The summed E-state index contributed by atoms with van der Waals surface area (Å²) in [6.07, 6.45) is 3.27. The molecular weight excluding hydrogens is 292 g/mol. The number of likely N-dealkylation sites (tertiary alicyclic amines) is 1. The summed E-state index contributed by atoms with van der Waals surface area (Å²) in [6, 6.07) is 16.8. The third-order valence-corrected chi connectivity index (χ3v) is 5.49. The van der Waals surface area contributed by atoms with Gasteiger partial charge < -0.3 is 5.73 Å². The van der Waals surface area contributed by atoms with E-state index < -0.39 is 0 Å². The van der Waals surface area contributed by atoms with Gasteiger partial charge in [0.15, 0.2) is 0 Å². The minimum atomic E-state index is 0.336. The van der Waals surface area contributed by atoms with Gasteiger partial charge in [-0.3, -0.25) is 4.90 Å². The molecule has 128 valence electrons. The molecule has 0 radical (unpaired) electrons. The van der Waals surface area contributed by atoms with E-state index in [-0.39, 0.29) is 0 Å². The largest absolute Gasteiger partial charge is 0.328 e. The monoisotopic (exact) mass is 322 g/mol. The Labute approximate surface area is 146 Å². The first-order valence-electron chi connectivity index (χ1n) is 9.24. The highest BCUT2D eigenvalue weighted by Gasteiger charge is 2.26. The molecule has 2 nitrogen and oxygen atoms in total. The number of rotatable bonds is 4. The standard InChI is InChI=1S/C22H30N2/c1-4-18-6-9-19(10-7-18)22(24-13-11-21(23)12-14-24)20-8-5-16(2)17(3)15-20/h5-10,15,21-22H,4,11-14,23H2,1-3H3. The Kier molecular flexibility index (Phi) is 5.37. The lowest BCUT2D eigenvalue weighted by atomic mass is 9.91. The number of nitrogens with two attached hydrogens (primary N) is 1. The van der Waals surface area contributed by atoms with Crippen LogP contribution >= 0.6 is 0 Å². The molecule has 1 heterocycles. The van der Waals surface area contributed by atoms with Crippen molar-refractivity contribution in [1.29, 1.82) is 0 Å². The number of benzene rings is 2. The quantitative estimate of drug-likeness (QED) is 0.905. The molecule has 1 aliphatic heterocycles. The van der Waals surface area contributed by atoms with Gasteiger partial charge in [0.05, 0.1) is 6.04 Å². The average Bonchev–Trinajstić information content (AvgIpc) is 2.60. The predicted molar refractivity (Wildman–Crippen MR) is 102 cm³/mol. The lowest BCUT2D eigenvalue weighted by Crippen LogP contribution is -2.41. The summed E-state index contributed by atoms with van der Waals surface area (Å²) >= 11 is 0. The van der Waals surface area contributed by atoms with Gasteiger partial charge in [-0.15, -0.1) is 0 Å². The van der Waals surface area contributed by atoms with Crippen LogP contribution in [0.1, 0.15) is 53.6 Å². The smallest absolute Gasteiger partial charge is 0.0601 e. The van der Waals surface area contributed by atoms with Gasteiger partial charge in [-0.25, -0.2) is 0 Å². The van der Waals surface area contributed by atoms with Crippen LogP contribution in [0.15, 0.2) is 42.5 Å². The molecule has 0 amide bonds. The maximum absolute atomic E-state index is 6.13. The first kappa shape index (κ1) is 17.2. The fraction of sp³-hybridized carbons (Fsp3) is 0.455. The van der Waals surface area contributed by atoms with Crippen LogP contribution in [0.25, 0.3) is 0 Å². The Bertz CT molecular complexity index is 667. The van der Waals surface area contributed by atoms with Gasteiger partial charge in [0, 0.05) is 19.1 Å². The van der Waals surface area contributed by atoms with Crippen LogP contribution in [0.3, 0.4) is 0 Å². The summed E-state index contributed by atoms with van der Waals surface area (Å²) < 4.78 is 0. The van der Waals surface area contributed by atoms with E-state index in [1.165, 1.54) is 27.8 Å². The van der Waals surface area contributed by atoms with Crippen LogP contribution in [0.4, 0.5) is 0 Å². The molecule has 0 saturated carbocycles. The Balaban J connectivity index is 1.97. The van der Waals surface area contributed by atoms with Crippen molar-refractivity contribution in [2.75, 3.05) is 13.1 Å². The number of piperidine rings is 1. The number of hydrogen-bond acceptors (Lipinski definition) is 2. The molecule has 2 N–H and O–H groups in total. The molecule has 1 fully saturated rings. The zero-order chi connectivity index (χ0) is 17.1. The summed E-state index contributed by atoms with van der Waals surface area (Å²) in [5.74, 6) is 0. The molecule has 2 aromatic carbocycles. The van der Waals surface area contributed by atoms with Crippen molar-refractivity contribution < 1.29 is 0 Å². The SMILES string of the molecule is CCc1ccc(C(c2ccc(C)c(C)c2)N2CCC(N)CC2)cc1. The normalized spacial score (nSPS) is 17.8. The molecule has 0 spiro atoms. The van der Waals surface area contributed by atoms with Crippen LogP contribution in [0.5, 0.6) is 0 Å². The summed E-state index contributed by atoms with van der Waals surface area (Å²) in [4.78, 5) is 2.61. The molecular formula is C22H30N2. The Morgan fingerprint density at radius 3 is 2.17 bits per heavy atom. The molecule has 1 unspecified atom stereocenters. The van der Waals surface area contributed by atoms with Gasteiger partial charge in [-0.2, -0.15) is 0 Å². The second-order valence-corrected chi connectivity index (χ2v) is 7.21. The number of nitrogens with zero attached hydrogens (tertiary/aromatic N) is 1. The molecule has 2 aromatic rings. The van der Waals surface area contributed by atoms with Crippen LogP contribution in [-0.4, -0.2) is 24.0 Å². The zero-order valence-corrected chi connectivity index (χ0v) is 15.3. The van der Waals surface area contributed by atoms with E-state index >= 15 is 0 Å². The van der Waals surface area contributed by atoms with Crippen molar-refractivity contribution >= 4 is 0 Å². The van der Waals surface area contributed by atoms with Crippen LogP contribution in [0.2, 0.25) is 0 Å². The van der Waals surface area contributed by atoms with Gasteiger partial charge >= 0.3 is 0 Å². The highest BCUT2D eigenvalue weighted by Crippen LogP contribution is 2.32. The van der Waals surface area contributed by atoms with Crippen molar-refractivity contribution in [3.05, 3.63) is 70.3 Å². The van der Waals surface area contributed by atoms with Crippen LogP contribution < -0.4 is 5.73 Å². The van der Waals surface area contributed by atoms with Gasteiger partial charge in [0.25, 0.3) is 0 Å². The van der Waals surface area contributed by atoms with E-state index in [1.54, 1.807) is 0 Å². The summed E-state index contributed by atoms with van der Waals surface area (Å²) in [7, 11) is 0. The van der Waals surface area contributed by atoms with Gasteiger partial charge in [-0.1, -0.05) is 49.4 Å². The van der Waals surface area contributed by atoms with E-state index in [0.717, 1.165) is 32.4 Å². The molecule has 1 saturated heterocycles. The minimum Gasteiger partial charge on any atom is -0.328 e. The lowest BCUT2D eigenvalue weighted by Gasteiger charge is -2.37. The third kappa shape index (κ3) is 3.71. The summed E-state index contributed by atoms with van der Waals surface area (Å²) in [6.45, 7) is 8.76. The molecule has 0 aliphatic carbocycles. The van der Waals surface area contributed by atoms with Crippen molar-refractivity contribution in [3.63, 3.8) is 0 Å². The molecule has 0 bridgehead atoms. The van der Waals surface area contributed by atoms with Crippen molar-refractivity contribution in [2.45, 2.75) is 52.1 Å². The summed E-state index contributed by atoms with van der Waals surface area (Å²) in [5.41, 5.74) is 13.1. The van der Waals surface area contributed by atoms with E-state index in [1.807, 2.05) is 0 Å². The molecule has 1 aliphatic rings. The number of hydrogen-bond donors (Lipinski definition) is 1. The van der Waals surface area contributed by atoms with Crippen molar-refractivity contribution in [1.82, 2.24) is 4.90 Å². The van der Waals surface area contributed by atoms with E-state index in [2.05, 4.69) is 68.1 Å². The molecule has 0 aromatic heterocycles. The Hall–Kier alpha value is -1.64. The zero-order valence-electron chi connectivity index (χ0n) is 15.3. The third-order valence-electron chi connectivity index (χ3n) is 5.49.